The fourth-order valence-electron chi connectivity index (χ4n) is 2.47. The zero-order chi connectivity index (χ0) is 20.6. The molecule has 0 atom stereocenters. The van der Waals surface area contributed by atoms with Crippen molar-refractivity contribution in [2.75, 3.05) is 20.8 Å². The van der Waals surface area contributed by atoms with Crippen LogP contribution in [0.15, 0.2) is 35.4 Å². The van der Waals surface area contributed by atoms with Gasteiger partial charge in [0.05, 0.1) is 31.9 Å². The van der Waals surface area contributed by atoms with Crippen molar-refractivity contribution < 1.29 is 28.7 Å². The van der Waals surface area contributed by atoms with Gasteiger partial charge in [-0.25, -0.2) is 9.59 Å². The normalized spacial score (nSPS) is 11.4. The number of carbonyl (C=O) groups is 4. The topological polar surface area (TPSA) is 125 Å². The number of methoxy groups -OCH3 is 2. The van der Waals surface area contributed by atoms with Gasteiger partial charge in [-0.1, -0.05) is 26.0 Å². The molecule has 27 heavy (non-hydrogen) atoms. The van der Waals surface area contributed by atoms with Crippen LogP contribution in [-0.2, 0) is 30.3 Å². The second kappa shape index (κ2) is 10.1. The first-order valence-corrected chi connectivity index (χ1v) is 8.26. The molecule has 0 saturated carbocycles. The molecule has 8 heteroatoms. The molecule has 0 aliphatic heterocycles. The summed E-state index contributed by atoms with van der Waals surface area (Å²) in [6.07, 6.45) is 0.137. The van der Waals surface area contributed by atoms with E-state index in [4.69, 9.17) is 15.2 Å². The van der Waals surface area contributed by atoms with Crippen molar-refractivity contribution in [3.63, 3.8) is 0 Å². The van der Waals surface area contributed by atoms with Crippen molar-refractivity contribution >= 4 is 23.8 Å². The van der Waals surface area contributed by atoms with E-state index in [9.17, 15) is 19.2 Å². The van der Waals surface area contributed by atoms with Crippen molar-refractivity contribution in [2.45, 2.75) is 20.3 Å². The molecular formula is C19H24N2O6. The van der Waals surface area contributed by atoms with Gasteiger partial charge >= 0.3 is 11.9 Å². The predicted molar refractivity (Wildman–Crippen MR) is 97.6 cm³/mol. The molecule has 0 unspecified atom stereocenters. The second-order valence-corrected chi connectivity index (χ2v) is 6.05. The van der Waals surface area contributed by atoms with Gasteiger partial charge in [0.25, 0.3) is 5.91 Å². The van der Waals surface area contributed by atoms with Crippen LogP contribution in [0.2, 0.25) is 0 Å². The van der Waals surface area contributed by atoms with E-state index in [1.165, 1.54) is 14.2 Å². The fourth-order valence-corrected chi connectivity index (χ4v) is 2.47. The van der Waals surface area contributed by atoms with Gasteiger partial charge in [0.15, 0.2) is 0 Å². The Morgan fingerprint density at radius 3 is 2.00 bits per heavy atom. The number of rotatable bonds is 8. The number of nitrogens with one attached hydrogen (secondary N) is 1. The van der Waals surface area contributed by atoms with Crippen LogP contribution in [0, 0.1) is 5.92 Å². The smallest absolute Gasteiger partial charge is 0.334 e. The molecule has 0 aliphatic carbocycles. The summed E-state index contributed by atoms with van der Waals surface area (Å²) >= 11 is 0. The van der Waals surface area contributed by atoms with Crippen molar-refractivity contribution in [2.24, 2.45) is 11.7 Å². The minimum atomic E-state index is -0.642. The molecule has 1 aromatic rings. The van der Waals surface area contributed by atoms with Crippen LogP contribution in [0.5, 0.6) is 0 Å². The van der Waals surface area contributed by atoms with E-state index in [-0.39, 0.29) is 30.0 Å². The summed E-state index contributed by atoms with van der Waals surface area (Å²) in [7, 11) is 2.49. The van der Waals surface area contributed by atoms with Crippen LogP contribution in [0.25, 0.3) is 0 Å². The fraction of sp³-hybridized carbons (Fsp3) is 0.368. The highest BCUT2D eigenvalue weighted by Crippen LogP contribution is 2.22. The molecular weight excluding hydrogens is 352 g/mol. The summed E-state index contributed by atoms with van der Waals surface area (Å²) in [5.41, 5.74) is 6.46. The Morgan fingerprint density at radius 2 is 1.56 bits per heavy atom. The van der Waals surface area contributed by atoms with E-state index in [0.717, 1.165) is 0 Å². The lowest BCUT2D eigenvalue weighted by atomic mass is 9.92. The highest BCUT2D eigenvalue weighted by molar-refractivity contribution is 6.01. The van der Waals surface area contributed by atoms with Crippen LogP contribution < -0.4 is 11.1 Å². The SMILES string of the molecule is COC(=O)/C(Cc1ccc(C(=O)NCC(N)=O)cc1)=C(\C(=O)OC)C(C)C. The van der Waals surface area contributed by atoms with E-state index in [1.807, 2.05) is 0 Å². The number of carbonyl (C=O) groups excluding carboxylic acids is 4. The Kier molecular flexibility index (Phi) is 8.19. The quantitative estimate of drug-likeness (QED) is 0.509. The number of esters is 2. The van der Waals surface area contributed by atoms with Gasteiger partial charge in [-0.2, -0.15) is 0 Å². The maximum absolute atomic E-state index is 12.2. The molecule has 0 spiro atoms. The minimum absolute atomic E-state index is 0.137. The van der Waals surface area contributed by atoms with Crippen molar-refractivity contribution in [3.05, 3.63) is 46.5 Å². The molecule has 0 fully saturated rings. The lowest BCUT2D eigenvalue weighted by molar-refractivity contribution is -0.139. The molecule has 0 bridgehead atoms. The maximum atomic E-state index is 12.2. The van der Waals surface area contributed by atoms with Gasteiger partial charge < -0.3 is 20.5 Å². The summed E-state index contributed by atoms with van der Waals surface area (Å²) < 4.78 is 9.60. The Balaban J connectivity index is 3.13. The third kappa shape index (κ3) is 6.25. The molecule has 0 aromatic heterocycles. The Morgan fingerprint density at radius 1 is 1.00 bits per heavy atom. The summed E-state index contributed by atoms with van der Waals surface area (Å²) in [6, 6.07) is 6.40. The third-order valence-electron chi connectivity index (χ3n) is 3.76. The number of ether oxygens (including phenoxy) is 2. The zero-order valence-corrected chi connectivity index (χ0v) is 15.8. The number of primary amides is 1. The van der Waals surface area contributed by atoms with Crippen LogP contribution in [-0.4, -0.2) is 44.5 Å². The molecule has 0 heterocycles. The van der Waals surface area contributed by atoms with Crippen LogP contribution in [0.3, 0.4) is 0 Å². The van der Waals surface area contributed by atoms with Crippen molar-refractivity contribution in [3.8, 4) is 0 Å². The minimum Gasteiger partial charge on any atom is -0.466 e. The number of hydrogen-bond acceptors (Lipinski definition) is 6. The summed E-state index contributed by atoms with van der Waals surface area (Å²) in [4.78, 5) is 46.9. The number of nitrogens with two attached hydrogens (primary N) is 1. The van der Waals surface area contributed by atoms with Crippen molar-refractivity contribution in [1.82, 2.24) is 5.32 Å². The van der Waals surface area contributed by atoms with Gasteiger partial charge in [0, 0.05) is 12.0 Å². The van der Waals surface area contributed by atoms with Crippen LogP contribution in [0.4, 0.5) is 0 Å². The third-order valence-corrected chi connectivity index (χ3v) is 3.76. The Bertz CT molecular complexity index is 750. The standard InChI is InChI=1S/C19H24N2O6/c1-11(2)16(19(25)27-4)14(18(24)26-3)9-12-5-7-13(8-6-12)17(23)21-10-15(20)22/h5-8,11H,9-10H2,1-4H3,(H2,20,22)(H,21,23)/b16-14-. The van der Waals surface area contributed by atoms with Gasteiger partial charge in [0.1, 0.15) is 0 Å². The largest absolute Gasteiger partial charge is 0.466 e. The maximum Gasteiger partial charge on any atom is 0.334 e. The summed E-state index contributed by atoms with van der Waals surface area (Å²) in [5.74, 6) is -2.54. The molecule has 1 rings (SSSR count). The molecule has 2 amide bonds. The highest BCUT2D eigenvalue weighted by atomic mass is 16.5. The molecule has 8 nitrogen and oxygen atoms in total. The first kappa shape index (κ1) is 21.9. The molecule has 146 valence electrons. The van der Waals surface area contributed by atoms with Gasteiger partial charge in [-0.05, 0) is 23.6 Å². The average molecular weight is 376 g/mol. The molecule has 1 aromatic carbocycles. The lowest BCUT2D eigenvalue weighted by Crippen LogP contribution is -2.33. The highest BCUT2D eigenvalue weighted by Gasteiger charge is 2.25. The van der Waals surface area contributed by atoms with Gasteiger partial charge in [0.2, 0.25) is 5.91 Å². The number of benzene rings is 1. The van der Waals surface area contributed by atoms with Crippen molar-refractivity contribution in [1.29, 1.82) is 0 Å². The first-order valence-electron chi connectivity index (χ1n) is 8.26. The molecule has 0 aliphatic rings. The van der Waals surface area contributed by atoms with E-state index in [0.29, 0.717) is 11.1 Å². The molecule has 3 N–H and O–H groups in total. The number of amides is 2. The number of hydrogen-bond donors (Lipinski definition) is 2. The van der Waals surface area contributed by atoms with Crippen LogP contribution >= 0.6 is 0 Å². The van der Waals surface area contributed by atoms with E-state index in [2.05, 4.69) is 5.32 Å². The predicted octanol–water partition coefficient (Wildman–Crippen LogP) is 0.743. The average Bonchev–Trinajstić information content (AvgIpc) is 2.64. The Hall–Kier alpha value is -3.16. The monoisotopic (exact) mass is 376 g/mol. The second-order valence-electron chi connectivity index (χ2n) is 6.05. The van der Waals surface area contributed by atoms with Crippen LogP contribution in [0.1, 0.15) is 29.8 Å². The van der Waals surface area contributed by atoms with Gasteiger partial charge in [-0.15, -0.1) is 0 Å². The Labute approximate surface area is 157 Å². The van der Waals surface area contributed by atoms with E-state index >= 15 is 0 Å². The lowest BCUT2D eigenvalue weighted by Gasteiger charge is -2.15. The molecule has 0 saturated heterocycles. The van der Waals surface area contributed by atoms with Gasteiger partial charge in [-0.3, -0.25) is 9.59 Å². The van der Waals surface area contributed by atoms with E-state index in [1.54, 1.807) is 38.1 Å². The molecule has 0 radical (unpaired) electrons. The summed E-state index contributed by atoms with van der Waals surface area (Å²) in [5, 5.41) is 2.38. The summed E-state index contributed by atoms with van der Waals surface area (Å²) in [6.45, 7) is 3.30. The first-order chi connectivity index (χ1) is 12.7. The van der Waals surface area contributed by atoms with E-state index < -0.39 is 23.8 Å². The zero-order valence-electron chi connectivity index (χ0n) is 15.8.